The quantitative estimate of drug-likeness (QED) is 0.800. The number of ketones is 1. The third-order valence-corrected chi connectivity index (χ3v) is 8.20. The molecule has 148 valence electrons. The van der Waals surface area contributed by atoms with Gasteiger partial charge in [0.2, 0.25) is 5.91 Å². The van der Waals surface area contributed by atoms with Gasteiger partial charge in [-0.3, -0.25) is 9.59 Å². The maximum Gasteiger partial charge on any atom is 0.223 e. The molecule has 4 aliphatic rings. The topological polar surface area (TPSA) is 58.2 Å². The second kappa shape index (κ2) is 6.49. The molecular formula is C23H34N2O2. The fourth-order valence-electron chi connectivity index (χ4n) is 6.66. The number of hydrogen-bond acceptors (Lipinski definition) is 3. The molecule has 0 aromatic rings. The lowest BCUT2D eigenvalue weighted by atomic mass is 9.50. The predicted octanol–water partition coefficient (Wildman–Crippen LogP) is 3.45. The minimum absolute atomic E-state index is 0.0594. The summed E-state index contributed by atoms with van der Waals surface area (Å²) in [5.41, 5.74) is 1.15. The Bertz CT molecular complexity index is 709. The third kappa shape index (κ3) is 2.87. The first-order valence-corrected chi connectivity index (χ1v) is 10.7. The highest BCUT2D eigenvalue weighted by Gasteiger charge is 2.59. The molecule has 1 amide bonds. The molecule has 2 N–H and O–H groups in total. The van der Waals surface area contributed by atoms with Crippen LogP contribution in [0.15, 0.2) is 23.9 Å². The van der Waals surface area contributed by atoms with Gasteiger partial charge in [0.15, 0.2) is 5.78 Å². The Kier molecular flexibility index (Phi) is 4.51. The van der Waals surface area contributed by atoms with Crippen molar-refractivity contribution in [1.82, 2.24) is 10.6 Å². The average molecular weight is 371 g/mol. The Labute approximate surface area is 163 Å². The summed E-state index contributed by atoms with van der Waals surface area (Å²) >= 11 is 0. The molecule has 0 radical (unpaired) electrons. The monoisotopic (exact) mass is 370 g/mol. The summed E-state index contributed by atoms with van der Waals surface area (Å²) < 4.78 is 0. The number of nitrogens with one attached hydrogen (secondary N) is 2. The van der Waals surface area contributed by atoms with E-state index >= 15 is 0 Å². The molecule has 3 aliphatic carbocycles. The van der Waals surface area contributed by atoms with Crippen molar-refractivity contribution >= 4 is 11.7 Å². The molecule has 2 saturated carbocycles. The number of amides is 1. The van der Waals surface area contributed by atoms with Crippen molar-refractivity contribution in [2.45, 2.75) is 53.4 Å². The Hall–Kier alpha value is -1.58. The lowest BCUT2D eigenvalue weighted by molar-refractivity contribution is -0.131. The van der Waals surface area contributed by atoms with Crippen LogP contribution in [0.3, 0.4) is 0 Å². The van der Waals surface area contributed by atoms with Crippen LogP contribution in [0.25, 0.3) is 0 Å². The Balaban J connectivity index is 1.56. The van der Waals surface area contributed by atoms with Crippen molar-refractivity contribution in [2.75, 3.05) is 13.1 Å². The normalized spacial score (nSPS) is 42.7. The van der Waals surface area contributed by atoms with E-state index < -0.39 is 0 Å². The lowest BCUT2D eigenvalue weighted by Gasteiger charge is -2.56. The van der Waals surface area contributed by atoms with E-state index in [1.807, 2.05) is 0 Å². The number of carbonyl (C=O) groups is 2. The van der Waals surface area contributed by atoms with Crippen molar-refractivity contribution in [3.05, 3.63) is 23.9 Å². The summed E-state index contributed by atoms with van der Waals surface area (Å²) in [5, 5.41) is 6.79. The van der Waals surface area contributed by atoms with Gasteiger partial charge in [0.25, 0.3) is 0 Å². The van der Waals surface area contributed by atoms with Crippen LogP contribution in [0.2, 0.25) is 0 Å². The average Bonchev–Trinajstić information content (AvgIpc) is 2.97. The fourth-order valence-corrected chi connectivity index (χ4v) is 6.66. The number of rotatable bonds is 3. The minimum atomic E-state index is -0.0594. The maximum absolute atomic E-state index is 12.9. The van der Waals surface area contributed by atoms with Crippen LogP contribution in [-0.4, -0.2) is 24.8 Å². The smallest absolute Gasteiger partial charge is 0.223 e. The van der Waals surface area contributed by atoms with Gasteiger partial charge in [0, 0.05) is 36.2 Å². The molecule has 1 heterocycles. The van der Waals surface area contributed by atoms with E-state index in [1.165, 1.54) is 0 Å². The van der Waals surface area contributed by atoms with Crippen molar-refractivity contribution < 1.29 is 9.59 Å². The van der Waals surface area contributed by atoms with E-state index in [2.05, 4.69) is 44.4 Å². The van der Waals surface area contributed by atoms with Crippen LogP contribution < -0.4 is 10.6 Å². The zero-order valence-electron chi connectivity index (χ0n) is 17.2. The van der Waals surface area contributed by atoms with Crippen LogP contribution >= 0.6 is 0 Å². The van der Waals surface area contributed by atoms with Crippen molar-refractivity contribution in [1.29, 1.82) is 0 Å². The molecule has 3 fully saturated rings. The lowest BCUT2D eigenvalue weighted by Crippen LogP contribution is -2.56. The Morgan fingerprint density at radius 3 is 2.78 bits per heavy atom. The summed E-state index contributed by atoms with van der Waals surface area (Å²) in [5.74, 6) is 2.72. The standard InChI is InChI=1S/C23H34N2O2/c1-14(2)12-25-21(27)19-6-5-17-16-13-24-20-11-15(26)7-9-23(20,4)18(16)8-10-22(17,19)3/h7,9,11,14,16-19,24H,5-6,8,10,12-13H2,1-4H3,(H,25,27)/t16-,17-,18+,19?,22-,23+/m0/s1. The predicted molar refractivity (Wildman–Crippen MR) is 107 cm³/mol. The van der Waals surface area contributed by atoms with Crippen LogP contribution in [-0.2, 0) is 9.59 Å². The molecule has 1 saturated heterocycles. The molecule has 27 heavy (non-hydrogen) atoms. The van der Waals surface area contributed by atoms with Crippen molar-refractivity contribution in [3.63, 3.8) is 0 Å². The van der Waals surface area contributed by atoms with E-state index in [0.717, 1.165) is 44.5 Å². The molecular weight excluding hydrogens is 336 g/mol. The first-order valence-electron chi connectivity index (χ1n) is 10.7. The van der Waals surface area contributed by atoms with Crippen LogP contribution in [0.1, 0.15) is 53.4 Å². The SMILES string of the molecule is CC(C)CNC(=O)C1CC[C@H]2[C@@H]3CNC4=CC(=O)C=C[C@]4(C)[C@@H]3CC[C@]12C. The van der Waals surface area contributed by atoms with Gasteiger partial charge < -0.3 is 10.6 Å². The molecule has 0 aromatic heterocycles. The van der Waals surface area contributed by atoms with E-state index in [0.29, 0.717) is 23.7 Å². The van der Waals surface area contributed by atoms with E-state index in [4.69, 9.17) is 0 Å². The molecule has 6 atom stereocenters. The molecule has 4 nitrogen and oxygen atoms in total. The number of fused-ring (bicyclic) bond motifs is 5. The van der Waals surface area contributed by atoms with Gasteiger partial charge in [-0.25, -0.2) is 0 Å². The number of carbonyl (C=O) groups excluding carboxylic acids is 2. The highest BCUT2D eigenvalue weighted by atomic mass is 16.2. The molecule has 4 heteroatoms. The molecule has 4 rings (SSSR count). The van der Waals surface area contributed by atoms with E-state index in [9.17, 15) is 9.59 Å². The number of allylic oxidation sites excluding steroid dienone is 3. The Morgan fingerprint density at radius 1 is 1.26 bits per heavy atom. The van der Waals surface area contributed by atoms with Crippen LogP contribution in [0, 0.1) is 40.4 Å². The van der Waals surface area contributed by atoms with Gasteiger partial charge in [-0.1, -0.05) is 33.8 Å². The molecule has 0 spiro atoms. The zero-order chi connectivity index (χ0) is 19.4. The van der Waals surface area contributed by atoms with Gasteiger partial charge in [0.05, 0.1) is 0 Å². The van der Waals surface area contributed by atoms with E-state index in [-0.39, 0.29) is 28.4 Å². The second-order valence-electron chi connectivity index (χ2n) is 10.1. The van der Waals surface area contributed by atoms with Crippen LogP contribution in [0.4, 0.5) is 0 Å². The summed E-state index contributed by atoms with van der Waals surface area (Å²) in [6.07, 6.45) is 10.1. The van der Waals surface area contributed by atoms with Crippen molar-refractivity contribution in [2.24, 2.45) is 40.4 Å². The Morgan fingerprint density at radius 2 is 2.04 bits per heavy atom. The zero-order valence-corrected chi connectivity index (χ0v) is 17.2. The molecule has 0 bridgehead atoms. The first kappa shape index (κ1) is 18.8. The van der Waals surface area contributed by atoms with Gasteiger partial charge in [-0.15, -0.1) is 0 Å². The number of piperidine rings is 1. The molecule has 0 aromatic carbocycles. The van der Waals surface area contributed by atoms with Gasteiger partial charge in [-0.2, -0.15) is 0 Å². The largest absolute Gasteiger partial charge is 0.387 e. The van der Waals surface area contributed by atoms with Crippen LogP contribution in [0.5, 0.6) is 0 Å². The van der Waals surface area contributed by atoms with Gasteiger partial charge in [0.1, 0.15) is 0 Å². The highest BCUT2D eigenvalue weighted by Crippen LogP contribution is 2.63. The second-order valence-corrected chi connectivity index (χ2v) is 10.1. The molecule has 1 aliphatic heterocycles. The summed E-state index contributed by atoms with van der Waals surface area (Å²) in [6.45, 7) is 10.7. The minimum Gasteiger partial charge on any atom is -0.387 e. The third-order valence-electron chi connectivity index (χ3n) is 8.20. The molecule has 1 unspecified atom stereocenters. The highest BCUT2D eigenvalue weighted by molar-refractivity contribution is 6.01. The summed E-state index contributed by atoms with van der Waals surface area (Å²) in [7, 11) is 0. The maximum atomic E-state index is 12.9. The van der Waals surface area contributed by atoms with Gasteiger partial charge in [-0.05, 0) is 60.8 Å². The number of hydrogen-bond donors (Lipinski definition) is 2. The van der Waals surface area contributed by atoms with E-state index in [1.54, 1.807) is 12.2 Å². The fraction of sp³-hybridized carbons (Fsp3) is 0.739. The van der Waals surface area contributed by atoms with Crippen molar-refractivity contribution in [3.8, 4) is 0 Å². The first-order chi connectivity index (χ1) is 12.8. The summed E-state index contributed by atoms with van der Waals surface area (Å²) in [4.78, 5) is 24.7. The summed E-state index contributed by atoms with van der Waals surface area (Å²) in [6, 6.07) is 0. The van der Waals surface area contributed by atoms with Gasteiger partial charge >= 0.3 is 0 Å².